The molecule has 17 heavy (non-hydrogen) atoms. The number of carbonyl (C=O) groups excluding carboxylic acids is 1. The van der Waals surface area contributed by atoms with Crippen LogP contribution in [0.3, 0.4) is 0 Å². The minimum absolute atomic E-state index is 0.204. The SMILES string of the molecule is CN(Cc1ccc(C(=O)NN)s1)C1CCCC1. The average molecular weight is 253 g/mol. The third kappa shape index (κ3) is 3.06. The highest BCUT2D eigenvalue weighted by Gasteiger charge is 2.20. The van der Waals surface area contributed by atoms with E-state index >= 15 is 0 Å². The quantitative estimate of drug-likeness (QED) is 0.488. The van der Waals surface area contributed by atoms with Crippen LogP contribution in [0.25, 0.3) is 0 Å². The van der Waals surface area contributed by atoms with Crippen LogP contribution in [-0.4, -0.2) is 23.9 Å². The Balaban J connectivity index is 1.94. The fourth-order valence-electron chi connectivity index (χ4n) is 2.38. The molecule has 0 spiro atoms. The van der Waals surface area contributed by atoms with Gasteiger partial charge in [0.05, 0.1) is 4.88 Å². The monoisotopic (exact) mass is 253 g/mol. The summed E-state index contributed by atoms with van der Waals surface area (Å²) in [5.74, 6) is 4.91. The maximum absolute atomic E-state index is 11.3. The molecule has 0 atom stereocenters. The number of nitrogens with one attached hydrogen (secondary N) is 1. The molecule has 1 saturated carbocycles. The molecule has 0 radical (unpaired) electrons. The lowest BCUT2D eigenvalue weighted by Gasteiger charge is -2.23. The van der Waals surface area contributed by atoms with Crippen LogP contribution >= 0.6 is 11.3 Å². The fourth-order valence-corrected chi connectivity index (χ4v) is 3.35. The molecule has 0 aromatic carbocycles. The largest absolute Gasteiger partial charge is 0.298 e. The van der Waals surface area contributed by atoms with Gasteiger partial charge in [-0.1, -0.05) is 12.8 Å². The number of amides is 1. The minimum Gasteiger partial charge on any atom is -0.298 e. The van der Waals surface area contributed by atoms with E-state index in [0.717, 1.165) is 6.54 Å². The van der Waals surface area contributed by atoms with Crippen molar-refractivity contribution in [3.8, 4) is 0 Å². The summed E-state index contributed by atoms with van der Waals surface area (Å²) in [7, 11) is 2.17. The van der Waals surface area contributed by atoms with E-state index in [1.165, 1.54) is 41.9 Å². The molecule has 1 aliphatic rings. The molecule has 0 aliphatic heterocycles. The Labute approximate surface area is 106 Å². The molecule has 1 amide bonds. The average Bonchev–Trinajstić information content (AvgIpc) is 2.98. The van der Waals surface area contributed by atoms with Crippen LogP contribution in [0.1, 0.15) is 40.2 Å². The summed E-state index contributed by atoms with van der Waals surface area (Å²) in [6, 6.07) is 4.56. The van der Waals surface area contributed by atoms with Crippen LogP contribution in [0, 0.1) is 0 Å². The van der Waals surface area contributed by atoms with E-state index in [2.05, 4.69) is 17.4 Å². The molecule has 1 aromatic heterocycles. The first-order valence-electron chi connectivity index (χ1n) is 6.00. The van der Waals surface area contributed by atoms with Crippen LogP contribution in [-0.2, 0) is 6.54 Å². The summed E-state index contributed by atoms with van der Waals surface area (Å²) in [5, 5.41) is 0. The number of hydrogen-bond donors (Lipinski definition) is 2. The Morgan fingerprint density at radius 3 is 2.88 bits per heavy atom. The van der Waals surface area contributed by atoms with Gasteiger partial charge in [-0.15, -0.1) is 11.3 Å². The Hall–Kier alpha value is -0.910. The van der Waals surface area contributed by atoms with Crippen LogP contribution in [0.5, 0.6) is 0 Å². The van der Waals surface area contributed by atoms with Gasteiger partial charge in [-0.05, 0) is 32.0 Å². The van der Waals surface area contributed by atoms with Gasteiger partial charge in [0.1, 0.15) is 0 Å². The van der Waals surface area contributed by atoms with Crippen LogP contribution in [0.2, 0.25) is 0 Å². The van der Waals surface area contributed by atoms with Crippen molar-refractivity contribution in [1.82, 2.24) is 10.3 Å². The zero-order valence-electron chi connectivity index (χ0n) is 10.1. The molecule has 0 bridgehead atoms. The molecule has 1 fully saturated rings. The molecule has 0 unspecified atom stereocenters. The van der Waals surface area contributed by atoms with E-state index in [1.807, 2.05) is 12.1 Å². The first kappa shape index (κ1) is 12.5. The van der Waals surface area contributed by atoms with Gasteiger partial charge in [0.25, 0.3) is 5.91 Å². The van der Waals surface area contributed by atoms with Gasteiger partial charge >= 0.3 is 0 Å². The summed E-state index contributed by atoms with van der Waals surface area (Å²) >= 11 is 1.52. The standard InChI is InChI=1S/C12H19N3OS/c1-15(9-4-2-3-5-9)8-10-6-7-11(17-10)12(16)14-13/h6-7,9H,2-5,8,13H2,1H3,(H,14,16). The van der Waals surface area contributed by atoms with E-state index in [9.17, 15) is 4.79 Å². The van der Waals surface area contributed by atoms with Crippen molar-refractivity contribution < 1.29 is 4.79 Å². The van der Waals surface area contributed by atoms with Crippen LogP contribution < -0.4 is 11.3 Å². The third-order valence-corrected chi connectivity index (χ3v) is 4.44. The van der Waals surface area contributed by atoms with Gasteiger partial charge in [-0.25, -0.2) is 5.84 Å². The second kappa shape index (κ2) is 5.62. The molecule has 0 saturated heterocycles. The van der Waals surface area contributed by atoms with Crippen molar-refractivity contribution >= 4 is 17.2 Å². The van der Waals surface area contributed by atoms with Gasteiger partial charge in [0, 0.05) is 17.5 Å². The maximum Gasteiger partial charge on any atom is 0.275 e. The highest BCUT2D eigenvalue weighted by molar-refractivity contribution is 7.14. The number of nitrogens with zero attached hydrogens (tertiary/aromatic N) is 1. The molecule has 3 N–H and O–H groups in total. The number of carbonyl (C=O) groups is 1. The van der Waals surface area contributed by atoms with Gasteiger partial charge in [0.15, 0.2) is 0 Å². The van der Waals surface area contributed by atoms with Gasteiger partial charge in [-0.2, -0.15) is 0 Å². The molecule has 1 aliphatic carbocycles. The van der Waals surface area contributed by atoms with Crippen LogP contribution in [0.4, 0.5) is 0 Å². The summed E-state index contributed by atoms with van der Waals surface area (Å²) in [6.07, 6.45) is 5.30. The van der Waals surface area contributed by atoms with Crippen molar-refractivity contribution in [2.75, 3.05) is 7.05 Å². The van der Waals surface area contributed by atoms with Crippen molar-refractivity contribution in [3.63, 3.8) is 0 Å². The number of hydrogen-bond acceptors (Lipinski definition) is 4. The predicted octanol–water partition coefficient (Wildman–Crippen LogP) is 1.73. The smallest absolute Gasteiger partial charge is 0.275 e. The summed E-state index contributed by atoms with van der Waals surface area (Å²) in [5.41, 5.74) is 2.16. The number of hydrazine groups is 1. The first-order chi connectivity index (χ1) is 8.20. The lowest BCUT2D eigenvalue weighted by Crippen LogP contribution is -2.29. The highest BCUT2D eigenvalue weighted by atomic mass is 32.1. The zero-order chi connectivity index (χ0) is 12.3. The van der Waals surface area contributed by atoms with Crippen molar-refractivity contribution in [1.29, 1.82) is 0 Å². The molecule has 4 nitrogen and oxygen atoms in total. The lowest BCUT2D eigenvalue weighted by molar-refractivity contribution is 0.0957. The Kier molecular flexibility index (Phi) is 4.15. The Morgan fingerprint density at radius 1 is 1.53 bits per heavy atom. The molecule has 2 rings (SSSR count). The molecule has 5 heteroatoms. The summed E-state index contributed by atoms with van der Waals surface area (Å²) in [4.78, 5) is 15.6. The zero-order valence-corrected chi connectivity index (χ0v) is 10.9. The third-order valence-electron chi connectivity index (χ3n) is 3.37. The summed E-state index contributed by atoms with van der Waals surface area (Å²) in [6.45, 7) is 0.924. The van der Waals surface area contributed by atoms with Crippen LogP contribution in [0.15, 0.2) is 12.1 Å². The maximum atomic E-state index is 11.3. The second-order valence-corrected chi connectivity index (χ2v) is 5.76. The number of nitrogens with two attached hydrogens (primary N) is 1. The first-order valence-corrected chi connectivity index (χ1v) is 6.82. The number of rotatable bonds is 4. The number of thiophene rings is 1. The lowest BCUT2D eigenvalue weighted by atomic mass is 10.2. The molecular weight excluding hydrogens is 234 g/mol. The topological polar surface area (TPSA) is 58.4 Å². The normalized spacial score (nSPS) is 16.6. The van der Waals surface area contributed by atoms with Gasteiger partial charge < -0.3 is 0 Å². The van der Waals surface area contributed by atoms with E-state index < -0.39 is 0 Å². The van der Waals surface area contributed by atoms with Gasteiger partial charge in [-0.3, -0.25) is 15.1 Å². The molecular formula is C12H19N3OS. The van der Waals surface area contributed by atoms with Crippen molar-refractivity contribution in [2.45, 2.75) is 38.3 Å². The fraction of sp³-hybridized carbons (Fsp3) is 0.583. The Bertz CT molecular complexity index is 385. The molecule has 1 aromatic rings. The molecule has 1 heterocycles. The predicted molar refractivity (Wildman–Crippen MR) is 69.7 cm³/mol. The van der Waals surface area contributed by atoms with E-state index in [1.54, 1.807) is 0 Å². The van der Waals surface area contributed by atoms with E-state index in [0.29, 0.717) is 10.9 Å². The van der Waals surface area contributed by atoms with E-state index in [4.69, 9.17) is 5.84 Å². The van der Waals surface area contributed by atoms with Crippen molar-refractivity contribution in [3.05, 3.63) is 21.9 Å². The Morgan fingerprint density at radius 2 is 2.24 bits per heavy atom. The summed E-state index contributed by atoms with van der Waals surface area (Å²) < 4.78 is 0. The second-order valence-electron chi connectivity index (χ2n) is 4.59. The number of nitrogen functional groups attached to an aromatic ring is 1. The van der Waals surface area contributed by atoms with E-state index in [-0.39, 0.29) is 5.91 Å². The van der Waals surface area contributed by atoms with Gasteiger partial charge in [0.2, 0.25) is 0 Å². The molecule has 94 valence electrons. The highest BCUT2D eigenvalue weighted by Crippen LogP contribution is 2.25. The minimum atomic E-state index is -0.204. The van der Waals surface area contributed by atoms with Crippen molar-refractivity contribution in [2.24, 2.45) is 5.84 Å².